The molecule has 0 atom stereocenters. The van der Waals surface area contributed by atoms with Crippen molar-refractivity contribution in [1.82, 2.24) is 15.6 Å². The lowest BCUT2D eigenvalue weighted by molar-refractivity contribution is 0.0950. The summed E-state index contributed by atoms with van der Waals surface area (Å²) in [5, 5.41) is 10.9. The van der Waals surface area contributed by atoms with Gasteiger partial charge in [-0.15, -0.1) is 0 Å². The first kappa shape index (κ1) is 21.0. The molecule has 0 fully saturated rings. The van der Waals surface area contributed by atoms with E-state index in [1.165, 1.54) is 11.8 Å². The molecule has 2 N–H and O–H groups in total. The average Bonchev–Trinajstić information content (AvgIpc) is 3.24. The van der Waals surface area contributed by atoms with Crippen LogP contribution in [0.25, 0.3) is 17.3 Å². The van der Waals surface area contributed by atoms with Crippen LogP contribution in [0.2, 0.25) is 0 Å². The second-order valence-corrected chi connectivity index (χ2v) is 7.28. The molecule has 2 aromatic carbocycles. The Labute approximate surface area is 176 Å². The molecule has 0 spiro atoms. The lowest BCUT2D eigenvalue weighted by Crippen LogP contribution is -2.17. The zero-order chi connectivity index (χ0) is 21.3. The van der Waals surface area contributed by atoms with E-state index in [4.69, 9.17) is 4.74 Å². The Kier molecular flexibility index (Phi) is 7.16. The van der Waals surface area contributed by atoms with E-state index < -0.39 is 0 Å². The van der Waals surface area contributed by atoms with Gasteiger partial charge in [-0.1, -0.05) is 56.3 Å². The Morgan fingerprint density at radius 3 is 2.70 bits per heavy atom. The average molecular weight is 402 g/mol. The van der Waals surface area contributed by atoms with Gasteiger partial charge in [-0.25, -0.2) is 5.43 Å². The van der Waals surface area contributed by atoms with E-state index >= 15 is 0 Å². The van der Waals surface area contributed by atoms with Gasteiger partial charge in [-0.2, -0.15) is 10.2 Å². The molecule has 30 heavy (non-hydrogen) atoms. The minimum Gasteiger partial charge on any atom is -0.496 e. The number of rotatable bonds is 8. The molecule has 0 saturated carbocycles. The highest BCUT2D eigenvalue weighted by Crippen LogP contribution is 2.20. The molecule has 0 saturated heterocycles. The van der Waals surface area contributed by atoms with E-state index in [1.807, 2.05) is 42.5 Å². The predicted octanol–water partition coefficient (Wildman–Crippen LogP) is 4.71. The standard InChI is InChI=1S/C24H26N4O2/c1-17(2)15-18-10-12-19(13-11-18)21-16-22(27-26-21)24(29)28-25-14-6-8-20-7-4-5-9-23(20)30-3/h4-14,16-17H,15H2,1-3H3,(H,26,27)(H,28,29). The summed E-state index contributed by atoms with van der Waals surface area (Å²) in [7, 11) is 1.62. The van der Waals surface area contributed by atoms with E-state index in [0.717, 1.165) is 29.0 Å². The molecule has 1 aromatic heterocycles. The maximum Gasteiger partial charge on any atom is 0.289 e. The summed E-state index contributed by atoms with van der Waals surface area (Å²) in [5.41, 5.74) is 6.73. The van der Waals surface area contributed by atoms with Crippen LogP contribution in [0.4, 0.5) is 0 Å². The summed E-state index contributed by atoms with van der Waals surface area (Å²) in [6, 6.07) is 17.6. The Hall–Kier alpha value is -3.67. The van der Waals surface area contributed by atoms with Gasteiger partial charge in [0.1, 0.15) is 11.4 Å². The number of aromatic nitrogens is 2. The van der Waals surface area contributed by atoms with Crippen molar-refractivity contribution in [2.75, 3.05) is 7.11 Å². The van der Waals surface area contributed by atoms with E-state index in [-0.39, 0.29) is 5.91 Å². The summed E-state index contributed by atoms with van der Waals surface area (Å²) in [5.74, 6) is 1.03. The van der Waals surface area contributed by atoms with Crippen LogP contribution in [0.15, 0.2) is 65.8 Å². The number of nitrogens with one attached hydrogen (secondary N) is 2. The number of aromatic amines is 1. The molecule has 0 radical (unpaired) electrons. The molecule has 6 nitrogen and oxygen atoms in total. The predicted molar refractivity (Wildman–Crippen MR) is 121 cm³/mol. The zero-order valence-corrected chi connectivity index (χ0v) is 17.4. The summed E-state index contributed by atoms with van der Waals surface area (Å²) in [6.07, 6.45) is 6.13. The molecule has 0 aliphatic heterocycles. The summed E-state index contributed by atoms with van der Waals surface area (Å²) < 4.78 is 5.28. The lowest BCUT2D eigenvalue weighted by atomic mass is 10.0. The third-order valence-electron chi connectivity index (χ3n) is 4.46. The Balaban J connectivity index is 1.57. The third kappa shape index (κ3) is 5.67. The van der Waals surface area contributed by atoms with Crippen molar-refractivity contribution in [3.8, 4) is 17.0 Å². The van der Waals surface area contributed by atoms with Crippen LogP contribution < -0.4 is 10.2 Å². The fourth-order valence-electron chi connectivity index (χ4n) is 3.02. The van der Waals surface area contributed by atoms with Crippen LogP contribution in [0, 0.1) is 5.92 Å². The van der Waals surface area contributed by atoms with Gasteiger partial charge < -0.3 is 4.74 Å². The third-order valence-corrected chi connectivity index (χ3v) is 4.46. The fourth-order valence-corrected chi connectivity index (χ4v) is 3.02. The maximum atomic E-state index is 12.3. The first-order chi connectivity index (χ1) is 14.6. The number of H-pyrrole nitrogens is 1. The van der Waals surface area contributed by atoms with Crippen LogP contribution in [0.1, 0.15) is 35.5 Å². The van der Waals surface area contributed by atoms with Crippen molar-refractivity contribution in [3.63, 3.8) is 0 Å². The molecular formula is C24H26N4O2. The summed E-state index contributed by atoms with van der Waals surface area (Å²) >= 11 is 0. The van der Waals surface area contributed by atoms with Gasteiger partial charge in [-0.3, -0.25) is 9.89 Å². The van der Waals surface area contributed by atoms with Gasteiger partial charge in [0.2, 0.25) is 0 Å². The molecule has 0 aliphatic rings. The van der Waals surface area contributed by atoms with E-state index in [2.05, 4.69) is 46.7 Å². The number of benzene rings is 2. The Bertz CT molecular complexity index is 1030. The largest absolute Gasteiger partial charge is 0.496 e. The number of methoxy groups -OCH3 is 1. The molecule has 1 heterocycles. The minimum atomic E-state index is -0.355. The zero-order valence-electron chi connectivity index (χ0n) is 17.4. The molecule has 0 unspecified atom stereocenters. The van der Waals surface area contributed by atoms with Gasteiger partial charge >= 0.3 is 0 Å². The molecule has 154 valence electrons. The molecule has 1 amide bonds. The lowest BCUT2D eigenvalue weighted by Gasteiger charge is -2.05. The first-order valence-electron chi connectivity index (χ1n) is 9.84. The molecular weight excluding hydrogens is 376 g/mol. The first-order valence-corrected chi connectivity index (χ1v) is 9.84. The van der Waals surface area contributed by atoms with Gasteiger partial charge in [0, 0.05) is 17.3 Å². The van der Waals surface area contributed by atoms with Gasteiger partial charge in [0.05, 0.1) is 12.8 Å². The van der Waals surface area contributed by atoms with Gasteiger partial charge in [-0.05, 0) is 42.2 Å². The van der Waals surface area contributed by atoms with Crippen LogP contribution in [0.3, 0.4) is 0 Å². The molecule has 0 bridgehead atoms. The normalized spacial score (nSPS) is 11.5. The van der Waals surface area contributed by atoms with Crippen LogP contribution in [0.5, 0.6) is 5.75 Å². The highest BCUT2D eigenvalue weighted by molar-refractivity contribution is 5.94. The number of para-hydroxylation sites is 1. The fraction of sp³-hybridized carbons (Fsp3) is 0.208. The number of nitrogens with zero attached hydrogens (tertiary/aromatic N) is 2. The van der Waals surface area contributed by atoms with Gasteiger partial charge in [0.15, 0.2) is 0 Å². The number of allylic oxidation sites excluding steroid dienone is 1. The number of amides is 1. The highest BCUT2D eigenvalue weighted by Gasteiger charge is 2.10. The molecule has 3 rings (SSSR count). The van der Waals surface area contributed by atoms with Crippen LogP contribution in [-0.2, 0) is 6.42 Å². The summed E-state index contributed by atoms with van der Waals surface area (Å²) in [4.78, 5) is 12.3. The maximum absolute atomic E-state index is 12.3. The second kappa shape index (κ2) is 10.2. The summed E-state index contributed by atoms with van der Waals surface area (Å²) in [6.45, 7) is 4.40. The topological polar surface area (TPSA) is 79.4 Å². The molecule has 6 heteroatoms. The van der Waals surface area contributed by atoms with Crippen molar-refractivity contribution >= 4 is 18.2 Å². The number of ether oxygens (including phenoxy) is 1. The Morgan fingerprint density at radius 2 is 1.97 bits per heavy atom. The Morgan fingerprint density at radius 1 is 1.20 bits per heavy atom. The monoisotopic (exact) mass is 402 g/mol. The highest BCUT2D eigenvalue weighted by atomic mass is 16.5. The quantitative estimate of drug-likeness (QED) is 0.423. The number of hydrogen-bond donors (Lipinski definition) is 2. The van der Waals surface area contributed by atoms with Crippen molar-refractivity contribution in [2.24, 2.45) is 11.0 Å². The number of carbonyl (C=O) groups excluding carboxylic acids is 1. The van der Waals surface area contributed by atoms with Crippen molar-refractivity contribution < 1.29 is 9.53 Å². The molecule has 3 aromatic rings. The smallest absolute Gasteiger partial charge is 0.289 e. The van der Waals surface area contributed by atoms with E-state index in [0.29, 0.717) is 11.6 Å². The second-order valence-electron chi connectivity index (χ2n) is 7.28. The van der Waals surface area contributed by atoms with Crippen LogP contribution >= 0.6 is 0 Å². The van der Waals surface area contributed by atoms with Crippen molar-refractivity contribution in [1.29, 1.82) is 0 Å². The number of hydrogen-bond acceptors (Lipinski definition) is 4. The SMILES string of the molecule is COc1ccccc1C=CC=NNC(=O)c1cc(-c2ccc(CC(C)C)cc2)n[nH]1. The number of carbonyl (C=O) groups is 1. The number of hydrazone groups is 1. The van der Waals surface area contributed by atoms with E-state index in [9.17, 15) is 4.79 Å². The van der Waals surface area contributed by atoms with E-state index in [1.54, 1.807) is 19.3 Å². The molecule has 0 aliphatic carbocycles. The van der Waals surface area contributed by atoms with Crippen molar-refractivity contribution in [3.05, 3.63) is 77.5 Å². The van der Waals surface area contributed by atoms with Gasteiger partial charge in [0.25, 0.3) is 5.91 Å². The van der Waals surface area contributed by atoms with Crippen molar-refractivity contribution in [2.45, 2.75) is 20.3 Å². The minimum absolute atomic E-state index is 0.349. The van der Waals surface area contributed by atoms with Crippen LogP contribution in [-0.4, -0.2) is 29.4 Å².